The Morgan fingerprint density at radius 3 is 2.73 bits per heavy atom. The van der Waals surface area contributed by atoms with Crippen LogP contribution < -0.4 is 15.4 Å². The molecule has 0 saturated carbocycles. The van der Waals surface area contributed by atoms with E-state index < -0.39 is 0 Å². The van der Waals surface area contributed by atoms with Crippen LogP contribution in [0, 0.1) is 0 Å². The maximum atomic E-state index is 12.6. The number of carbonyl (C=O) groups is 1. The lowest BCUT2D eigenvalue weighted by Crippen LogP contribution is -2.14. The van der Waals surface area contributed by atoms with Crippen molar-refractivity contribution in [2.24, 2.45) is 0 Å². The Bertz CT molecular complexity index is 932. The van der Waals surface area contributed by atoms with Crippen LogP contribution in [0.4, 0.5) is 5.69 Å². The number of aromatic nitrogens is 1. The lowest BCUT2D eigenvalue weighted by molar-refractivity contribution is 0.102. The molecule has 1 aliphatic rings. The molecule has 1 saturated heterocycles. The molecule has 3 aromatic rings. The number of rotatable bonds is 4. The van der Waals surface area contributed by atoms with Crippen LogP contribution in [0.3, 0.4) is 0 Å². The fourth-order valence-electron chi connectivity index (χ4n) is 3.40. The molecule has 1 aromatic heterocycles. The van der Waals surface area contributed by atoms with Crippen molar-refractivity contribution in [2.45, 2.75) is 12.3 Å². The number of amides is 1. The Morgan fingerprint density at radius 1 is 1.19 bits per heavy atom. The van der Waals surface area contributed by atoms with Gasteiger partial charge in [-0.1, -0.05) is 24.3 Å². The van der Waals surface area contributed by atoms with Crippen molar-refractivity contribution >= 4 is 22.5 Å². The molecule has 1 aliphatic heterocycles. The number of benzene rings is 2. The van der Waals surface area contributed by atoms with Gasteiger partial charge in [-0.15, -0.1) is 0 Å². The molecule has 0 spiro atoms. The summed E-state index contributed by atoms with van der Waals surface area (Å²) < 4.78 is 5.42. The molecule has 5 nitrogen and oxygen atoms in total. The summed E-state index contributed by atoms with van der Waals surface area (Å²) in [4.78, 5) is 17.1. The monoisotopic (exact) mass is 347 g/mol. The van der Waals surface area contributed by atoms with Gasteiger partial charge < -0.3 is 15.4 Å². The first kappa shape index (κ1) is 16.5. The third-order valence-corrected chi connectivity index (χ3v) is 4.83. The highest BCUT2D eigenvalue weighted by molar-refractivity contribution is 6.05. The van der Waals surface area contributed by atoms with Gasteiger partial charge in [-0.3, -0.25) is 4.79 Å². The highest BCUT2D eigenvalue weighted by atomic mass is 16.5. The van der Waals surface area contributed by atoms with Gasteiger partial charge in [0.15, 0.2) is 0 Å². The first-order valence-corrected chi connectivity index (χ1v) is 8.80. The molecule has 2 heterocycles. The molecule has 1 amide bonds. The number of nitrogens with one attached hydrogen (secondary N) is 2. The second-order valence-corrected chi connectivity index (χ2v) is 6.49. The molecule has 1 fully saturated rings. The summed E-state index contributed by atoms with van der Waals surface area (Å²) in [7, 11) is 1.60. The Balaban J connectivity index is 1.55. The van der Waals surface area contributed by atoms with Gasteiger partial charge in [0, 0.05) is 23.7 Å². The molecule has 5 heteroatoms. The van der Waals surface area contributed by atoms with E-state index in [0.717, 1.165) is 36.1 Å². The van der Waals surface area contributed by atoms with Gasteiger partial charge in [0.1, 0.15) is 11.4 Å². The molecule has 0 radical (unpaired) electrons. The average molecular weight is 347 g/mol. The van der Waals surface area contributed by atoms with Crippen LogP contribution in [0.2, 0.25) is 0 Å². The molecule has 1 unspecified atom stereocenters. The number of methoxy groups -OCH3 is 1. The highest BCUT2D eigenvalue weighted by Gasteiger charge is 2.17. The Hall–Kier alpha value is -2.92. The molecule has 2 N–H and O–H groups in total. The van der Waals surface area contributed by atoms with E-state index in [4.69, 9.17) is 4.74 Å². The maximum absolute atomic E-state index is 12.6. The number of nitrogens with zero attached hydrogens (tertiary/aromatic N) is 1. The number of anilines is 1. The van der Waals surface area contributed by atoms with Gasteiger partial charge in [0.05, 0.1) is 12.6 Å². The van der Waals surface area contributed by atoms with E-state index in [0.29, 0.717) is 17.4 Å². The zero-order valence-corrected chi connectivity index (χ0v) is 14.7. The molecule has 4 rings (SSSR count). The molecular weight excluding hydrogens is 326 g/mol. The SMILES string of the molecule is COc1cc(C(=O)Nc2ccc(C3CCNC3)cc2)nc2ccccc12. The smallest absolute Gasteiger partial charge is 0.274 e. The summed E-state index contributed by atoms with van der Waals surface area (Å²) in [6.45, 7) is 2.09. The van der Waals surface area contributed by atoms with Crippen LogP contribution in [0.1, 0.15) is 28.4 Å². The van der Waals surface area contributed by atoms with E-state index in [1.165, 1.54) is 5.56 Å². The number of carbonyl (C=O) groups excluding carboxylic acids is 1. The molecule has 1 atom stereocenters. The summed E-state index contributed by atoms with van der Waals surface area (Å²) >= 11 is 0. The van der Waals surface area contributed by atoms with Gasteiger partial charge in [-0.05, 0) is 48.7 Å². The highest BCUT2D eigenvalue weighted by Crippen LogP contribution is 2.26. The Morgan fingerprint density at radius 2 is 2.00 bits per heavy atom. The van der Waals surface area contributed by atoms with Crippen molar-refractivity contribution < 1.29 is 9.53 Å². The molecule has 132 valence electrons. The molecule has 26 heavy (non-hydrogen) atoms. The van der Waals surface area contributed by atoms with Crippen molar-refractivity contribution in [3.05, 3.63) is 65.9 Å². The minimum atomic E-state index is -0.246. The van der Waals surface area contributed by atoms with E-state index in [-0.39, 0.29) is 5.91 Å². The largest absolute Gasteiger partial charge is 0.496 e. The van der Waals surface area contributed by atoms with E-state index in [1.54, 1.807) is 13.2 Å². The molecular formula is C21H21N3O2. The Labute approximate surface area is 152 Å². The second kappa shape index (κ2) is 7.14. The molecule has 0 bridgehead atoms. The molecule has 2 aromatic carbocycles. The van der Waals surface area contributed by atoms with Crippen LogP contribution >= 0.6 is 0 Å². The van der Waals surface area contributed by atoms with E-state index in [2.05, 4.69) is 27.8 Å². The third kappa shape index (κ3) is 3.26. The zero-order valence-electron chi connectivity index (χ0n) is 14.7. The number of para-hydroxylation sites is 1. The minimum absolute atomic E-state index is 0.246. The average Bonchev–Trinajstić information content (AvgIpc) is 3.22. The summed E-state index contributed by atoms with van der Waals surface area (Å²) in [5.74, 6) is 0.959. The van der Waals surface area contributed by atoms with Crippen molar-refractivity contribution in [3.63, 3.8) is 0 Å². The van der Waals surface area contributed by atoms with Gasteiger partial charge in [0.2, 0.25) is 0 Å². The standard InChI is InChI=1S/C21H21N3O2/c1-26-20-12-19(24-18-5-3-2-4-17(18)20)21(25)23-16-8-6-14(7-9-16)15-10-11-22-13-15/h2-9,12,15,22H,10-11,13H2,1H3,(H,23,25). The van der Waals surface area contributed by atoms with Crippen molar-refractivity contribution in [3.8, 4) is 5.75 Å². The van der Waals surface area contributed by atoms with Crippen LogP contribution in [0.25, 0.3) is 10.9 Å². The zero-order chi connectivity index (χ0) is 17.9. The number of ether oxygens (including phenoxy) is 1. The van der Waals surface area contributed by atoms with Crippen LogP contribution in [0.15, 0.2) is 54.6 Å². The predicted molar refractivity (Wildman–Crippen MR) is 103 cm³/mol. The summed E-state index contributed by atoms with van der Waals surface area (Å²) in [6.07, 6.45) is 1.16. The topological polar surface area (TPSA) is 63.2 Å². The normalized spacial score (nSPS) is 16.6. The number of hydrogen-bond donors (Lipinski definition) is 2. The summed E-state index contributed by atoms with van der Waals surface area (Å²) in [6, 6.07) is 17.4. The number of fused-ring (bicyclic) bond motifs is 1. The maximum Gasteiger partial charge on any atom is 0.274 e. The van der Waals surface area contributed by atoms with Gasteiger partial charge in [-0.2, -0.15) is 0 Å². The fourth-order valence-corrected chi connectivity index (χ4v) is 3.40. The molecule has 0 aliphatic carbocycles. The second-order valence-electron chi connectivity index (χ2n) is 6.49. The lowest BCUT2D eigenvalue weighted by atomic mass is 9.98. The van der Waals surface area contributed by atoms with Crippen LogP contribution in [-0.2, 0) is 0 Å². The fraction of sp³-hybridized carbons (Fsp3) is 0.238. The van der Waals surface area contributed by atoms with Gasteiger partial charge in [-0.25, -0.2) is 4.98 Å². The van der Waals surface area contributed by atoms with E-state index in [9.17, 15) is 4.79 Å². The quantitative estimate of drug-likeness (QED) is 0.757. The van der Waals surface area contributed by atoms with E-state index in [1.807, 2.05) is 36.4 Å². The third-order valence-electron chi connectivity index (χ3n) is 4.83. The first-order chi connectivity index (χ1) is 12.7. The van der Waals surface area contributed by atoms with E-state index >= 15 is 0 Å². The summed E-state index contributed by atoms with van der Waals surface area (Å²) in [5, 5.41) is 7.18. The van der Waals surface area contributed by atoms with Crippen molar-refractivity contribution in [2.75, 3.05) is 25.5 Å². The summed E-state index contributed by atoms with van der Waals surface area (Å²) in [5.41, 5.74) is 3.14. The van der Waals surface area contributed by atoms with Gasteiger partial charge >= 0.3 is 0 Å². The van der Waals surface area contributed by atoms with Crippen molar-refractivity contribution in [1.29, 1.82) is 0 Å². The van der Waals surface area contributed by atoms with Crippen molar-refractivity contribution in [1.82, 2.24) is 10.3 Å². The number of pyridine rings is 1. The van der Waals surface area contributed by atoms with Gasteiger partial charge in [0.25, 0.3) is 5.91 Å². The number of hydrogen-bond acceptors (Lipinski definition) is 4. The minimum Gasteiger partial charge on any atom is -0.496 e. The van der Waals surface area contributed by atoms with Crippen LogP contribution in [-0.4, -0.2) is 31.1 Å². The Kier molecular flexibility index (Phi) is 4.54. The lowest BCUT2D eigenvalue weighted by Gasteiger charge is -2.11. The predicted octanol–water partition coefficient (Wildman–Crippen LogP) is 3.57. The first-order valence-electron chi connectivity index (χ1n) is 8.80. The van der Waals surface area contributed by atoms with Crippen LogP contribution in [0.5, 0.6) is 5.75 Å².